The number of ether oxygens (including phenoxy) is 1. The number of hydrogen-bond acceptors (Lipinski definition) is 6. The zero-order valence-electron chi connectivity index (χ0n) is 19.3. The van der Waals surface area contributed by atoms with Crippen molar-refractivity contribution in [1.82, 2.24) is 34.5 Å². The number of nitrogens with zero attached hydrogens (tertiary/aromatic N) is 6. The molecule has 1 saturated heterocycles. The second-order valence-electron chi connectivity index (χ2n) is 9.64. The molecule has 1 aliphatic rings. The van der Waals surface area contributed by atoms with Gasteiger partial charge in [0, 0.05) is 64.2 Å². The van der Waals surface area contributed by atoms with Gasteiger partial charge < -0.3 is 14.6 Å². The summed E-state index contributed by atoms with van der Waals surface area (Å²) in [6, 6.07) is 3.00. The van der Waals surface area contributed by atoms with Gasteiger partial charge in [0.1, 0.15) is 25.4 Å². The fourth-order valence-corrected chi connectivity index (χ4v) is 4.75. The standard InChI is InChI=1S/C22H34FN7OSi/c1-32(2,3)11-10-31-17-29-7-4-20-21(25-16-26-22(20)29)18-13-27-30(14-18)15-19(12-23)28-8-5-24-6-9-28/h4,7,13-14,16,19,24H,5-6,8-12,15,17H2,1-3H3. The van der Waals surface area contributed by atoms with Gasteiger partial charge in [0.2, 0.25) is 0 Å². The smallest absolute Gasteiger partial charge is 0.145 e. The molecule has 8 nitrogen and oxygen atoms in total. The molecule has 0 radical (unpaired) electrons. The van der Waals surface area contributed by atoms with Crippen molar-refractivity contribution in [3.8, 4) is 11.3 Å². The summed E-state index contributed by atoms with van der Waals surface area (Å²) in [6.45, 7) is 12.0. The lowest BCUT2D eigenvalue weighted by Crippen LogP contribution is -2.50. The molecule has 1 fully saturated rings. The molecule has 0 bridgehead atoms. The molecule has 10 heteroatoms. The van der Waals surface area contributed by atoms with E-state index >= 15 is 0 Å². The van der Waals surface area contributed by atoms with Gasteiger partial charge in [0.15, 0.2) is 0 Å². The van der Waals surface area contributed by atoms with E-state index in [9.17, 15) is 4.39 Å². The van der Waals surface area contributed by atoms with Crippen LogP contribution in [0.1, 0.15) is 0 Å². The highest BCUT2D eigenvalue weighted by Gasteiger charge is 2.21. The lowest BCUT2D eigenvalue weighted by atomic mass is 10.2. The lowest BCUT2D eigenvalue weighted by molar-refractivity contribution is 0.0899. The fourth-order valence-electron chi connectivity index (χ4n) is 3.99. The number of nitrogens with one attached hydrogen (secondary N) is 1. The molecule has 174 valence electrons. The molecule has 4 rings (SSSR count). The normalized spacial score (nSPS) is 16.6. The van der Waals surface area contributed by atoms with E-state index in [0.717, 1.165) is 61.1 Å². The minimum atomic E-state index is -1.11. The highest BCUT2D eigenvalue weighted by Crippen LogP contribution is 2.26. The van der Waals surface area contributed by atoms with Crippen LogP contribution in [-0.4, -0.2) is 82.8 Å². The number of piperazine rings is 1. The SMILES string of the molecule is C[Si](C)(C)CCOCn1ccc2c(-c3cnn(CC(CF)N4CCNCC4)c3)ncnc21. The van der Waals surface area contributed by atoms with Crippen molar-refractivity contribution in [3.05, 3.63) is 31.0 Å². The van der Waals surface area contributed by atoms with Crippen LogP contribution >= 0.6 is 0 Å². The van der Waals surface area contributed by atoms with Crippen LogP contribution < -0.4 is 5.32 Å². The Bertz CT molecular complexity index is 1010. The second kappa shape index (κ2) is 10.2. The minimum Gasteiger partial charge on any atom is -0.361 e. The van der Waals surface area contributed by atoms with Crippen LogP contribution in [0.25, 0.3) is 22.3 Å². The first kappa shape index (κ1) is 23.0. The summed E-state index contributed by atoms with van der Waals surface area (Å²) < 4.78 is 23.5. The maximum atomic E-state index is 13.7. The summed E-state index contributed by atoms with van der Waals surface area (Å²) in [4.78, 5) is 11.2. The van der Waals surface area contributed by atoms with Crippen LogP contribution in [0.4, 0.5) is 4.39 Å². The Morgan fingerprint density at radius 2 is 2.03 bits per heavy atom. The van der Waals surface area contributed by atoms with Crippen LogP contribution in [0.5, 0.6) is 0 Å². The van der Waals surface area contributed by atoms with Gasteiger partial charge in [-0.3, -0.25) is 9.58 Å². The van der Waals surface area contributed by atoms with Crippen molar-refractivity contribution in [1.29, 1.82) is 0 Å². The second-order valence-corrected chi connectivity index (χ2v) is 15.3. The van der Waals surface area contributed by atoms with Gasteiger partial charge in [-0.15, -0.1) is 0 Å². The van der Waals surface area contributed by atoms with E-state index in [1.807, 2.05) is 27.7 Å². The van der Waals surface area contributed by atoms with Gasteiger partial charge in [-0.25, -0.2) is 14.4 Å². The first-order chi connectivity index (χ1) is 15.4. The maximum absolute atomic E-state index is 13.7. The molecule has 0 spiro atoms. The molecule has 0 aromatic carbocycles. The monoisotopic (exact) mass is 459 g/mol. The number of rotatable bonds is 10. The molecule has 1 unspecified atom stereocenters. The molecule has 1 atom stereocenters. The van der Waals surface area contributed by atoms with Gasteiger partial charge in [-0.2, -0.15) is 5.10 Å². The molecular weight excluding hydrogens is 425 g/mol. The van der Waals surface area contributed by atoms with E-state index < -0.39 is 8.07 Å². The Hall–Kier alpha value is -2.14. The Kier molecular flexibility index (Phi) is 7.34. The van der Waals surface area contributed by atoms with Crippen molar-refractivity contribution in [3.63, 3.8) is 0 Å². The number of fused-ring (bicyclic) bond motifs is 1. The van der Waals surface area contributed by atoms with E-state index in [4.69, 9.17) is 4.74 Å². The van der Waals surface area contributed by atoms with E-state index in [-0.39, 0.29) is 12.7 Å². The Morgan fingerprint density at radius 1 is 1.22 bits per heavy atom. The quantitative estimate of drug-likeness (QED) is 0.371. The molecule has 0 amide bonds. The molecule has 1 N–H and O–H groups in total. The molecule has 3 aromatic heterocycles. The summed E-state index contributed by atoms with van der Waals surface area (Å²) in [7, 11) is -1.11. The summed E-state index contributed by atoms with van der Waals surface area (Å²) in [5, 5.41) is 8.77. The summed E-state index contributed by atoms with van der Waals surface area (Å²) in [5.74, 6) is 0. The highest BCUT2D eigenvalue weighted by molar-refractivity contribution is 6.76. The van der Waals surface area contributed by atoms with Crippen LogP contribution in [-0.2, 0) is 18.0 Å². The van der Waals surface area contributed by atoms with Crippen LogP contribution in [0.2, 0.25) is 25.7 Å². The number of aromatic nitrogens is 5. The first-order valence-electron chi connectivity index (χ1n) is 11.4. The lowest BCUT2D eigenvalue weighted by Gasteiger charge is -2.33. The van der Waals surface area contributed by atoms with Gasteiger partial charge in [0.25, 0.3) is 0 Å². The van der Waals surface area contributed by atoms with Crippen LogP contribution in [0.3, 0.4) is 0 Å². The average molecular weight is 460 g/mol. The van der Waals surface area contributed by atoms with Gasteiger partial charge in [-0.05, 0) is 12.1 Å². The molecule has 1 aliphatic heterocycles. The Balaban J connectivity index is 1.46. The third-order valence-electron chi connectivity index (χ3n) is 5.93. The topological polar surface area (TPSA) is 73.0 Å². The third-order valence-corrected chi connectivity index (χ3v) is 7.64. The zero-order valence-corrected chi connectivity index (χ0v) is 20.3. The molecule has 0 aliphatic carbocycles. The van der Waals surface area contributed by atoms with E-state index in [1.54, 1.807) is 12.5 Å². The number of halogens is 1. The molecule has 32 heavy (non-hydrogen) atoms. The maximum Gasteiger partial charge on any atom is 0.145 e. The molecule has 4 heterocycles. The summed E-state index contributed by atoms with van der Waals surface area (Å²) in [6.07, 6.45) is 7.33. The van der Waals surface area contributed by atoms with Gasteiger partial charge in [0.05, 0.1) is 24.5 Å². The average Bonchev–Trinajstić information content (AvgIpc) is 3.42. The zero-order chi connectivity index (χ0) is 22.6. The highest BCUT2D eigenvalue weighted by atomic mass is 28.3. The summed E-state index contributed by atoms with van der Waals surface area (Å²) in [5.41, 5.74) is 2.59. The van der Waals surface area contributed by atoms with Crippen molar-refractivity contribution < 1.29 is 9.13 Å². The first-order valence-corrected chi connectivity index (χ1v) is 15.1. The number of alkyl halides is 1. The Morgan fingerprint density at radius 3 is 2.78 bits per heavy atom. The number of hydrogen-bond donors (Lipinski definition) is 1. The van der Waals surface area contributed by atoms with Crippen molar-refractivity contribution in [2.75, 3.05) is 39.5 Å². The molecule has 3 aromatic rings. The predicted octanol–water partition coefficient (Wildman–Crippen LogP) is 2.85. The molecule has 0 saturated carbocycles. The fraction of sp³-hybridized carbons (Fsp3) is 0.591. The van der Waals surface area contributed by atoms with Gasteiger partial charge >= 0.3 is 0 Å². The van der Waals surface area contributed by atoms with Crippen molar-refractivity contribution >= 4 is 19.1 Å². The largest absolute Gasteiger partial charge is 0.361 e. The molecular formula is C22H34FN7OSi. The van der Waals surface area contributed by atoms with Crippen LogP contribution in [0.15, 0.2) is 31.0 Å². The third kappa shape index (κ3) is 5.61. The summed E-state index contributed by atoms with van der Waals surface area (Å²) >= 11 is 0. The van der Waals surface area contributed by atoms with Gasteiger partial charge in [-0.1, -0.05) is 19.6 Å². The van der Waals surface area contributed by atoms with E-state index in [2.05, 4.69) is 44.9 Å². The van der Waals surface area contributed by atoms with Crippen molar-refractivity contribution in [2.45, 2.75) is 45.0 Å². The van der Waals surface area contributed by atoms with Crippen molar-refractivity contribution in [2.24, 2.45) is 0 Å². The predicted molar refractivity (Wildman–Crippen MR) is 127 cm³/mol. The van der Waals surface area contributed by atoms with E-state index in [0.29, 0.717) is 13.3 Å². The van der Waals surface area contributed by atoms with E-state index in [1.165, 1.54) is 0 Å². The Labute approximate surface area is 189 Å². The minimum absolute atomic E-state index is 0.162. The van der Waals surface area contributed by atoms with Crippen LogP contribution in [0, 0.1) is 0 Å².